The van der Waals surface area contributed by atoms with Crippen molar-refractivity contribution in [2.75, 3.05) is 23.3 Å². The van der Waals surface area contributed by atoms with Crippen LogP contribution in [0.1, 0.15) is 26.7 Å². The van der Waals surface area contributed by atoms with Gasteiger partial charge in [-0.05, 0) is 26.7 Å². The Bertz CT molecular complexity index is 575. The molecule has 1 fully saturated rings. The van der Waals surface area contributed by atoms with Crippen molar-refractivity contribution < 1.29 is 13.2 Å². The van der Waals surface area contributed by atoms with E-state index in [1.165, 1.54) is 0 Å². The first-order valence-electron chi connectivity index (χ1n) is 6.50. The van der Waals surface area contributed by atoms with Gasteiger partial charge in [-0.1, -0.05) is 0 Å². The smallest absolute Gasteiger partial charge is 0.323 e. The predicted octanol–water partition coefficient (Wildman–Crippen LogP) is 0.230. The standard InChI is InChI=1S/C11H19N5O3S/c1-7(2)19-11-15-9(12)14-10(16-11)13-6-8-4-3-5-20(8,17)18/h7-8H,3-6H2,1-2H3,(H3,12,13,14,15,16). The van der Waals surface area contributed by atoms with Gasteiger partial charge in [-0.2, -0.15) is 15.0 Å². The molecular weight excluding hydrogens is 282 g/mol. The van der Waals surface area contributed by atoms with Gasteiger partial charge in [0.25, 0.3) is 0 Å². The molecule has 8 nitrogen and oxygen atoms in total. The molecule has 0 spiro atoms. The molecule has 112 valence electrons. The minimum atomic E-state index is -2.99. The highest BCUT2D eigenvalue weighted by Gasteiger charge is 2.31. The van der Waals surface area contributed by atoms with Crippen molar-refractivity contribution in [3.8, 4) is 6.01 Å². The van der Waals surface area contributed by atoms with E-state index in [0.29, 0.717) is 12.8 Å². The Morgan fingerprint density at radius 2 is 2.15 bits per heavy atom. The summed E-state index contributed by atoms with van der Waals surface area (Å²) in [6, 6.07) is 0.129. The van der Waals surface area contributed by atoms with Crippen molar-refractivity contribution in [2.45, 2.75) is 38.0 Å². The zero-order valence-corrected chi connectivity index (χ0v) is 12.4. The number of nitrogens with one attached hydrogen (secondary N) is 1. The molecular formula is C11H19N5O3S. The van der Waals surface area contributed by atoms with Gasteiger partial charge in [0.05, 0.1) is 17.1 Å². The van der Waals surface area contributed by atoms with Crippen molar-refractivity contribution in [2.24, 2.45) is 0 Å². The molecule has 2 rings (SSSR count). The number of ether oxygens (including phenoxy) is 1. The predicted molar refractivity (Wildman–Crippen MR) is 75.3 cm³/mol. The van der Waals surface area contributed by atoms with Gasteiger partial charge in [-0.15, -0.1) is 0 Å². The molecule has 0 aliphatic carbocycles. The van der Waals surface area contributed by atoms with Gasteiger partial charge in [0.2, 0.25) is 11.9 Å². The summed E-state index contributed by atoms with van der Waals surface area (Å²) < 4.78 is 28.8. The second-order valence-electron chi connectivity index (χ2n) is 4.98. The number of nitrogen functional groups attached to an aromatic ring is 1. The van der Waals surface area contributed by atoms with Crippen LogP contribution < -0.4 is 15.8 Å². The molecule has 0 radical (unpaired) electrons. The van der Waals surface area contributed by atoms with Gasteiger partial charge in [0, 0.05) is 6.54 Å². The number of hydrogen-bond acceptors (Lipinski definition) is 8. The summed E-state index contributed by atoms with van der Waals surface area (Å²) in [6.07, 6.45) is 1.28. The molecule has 20 heavy (non-hydrogen) atoms. The van der Waals surface area contributed by atoms with E-state index in [-0.39, 0.29) is 36.3 Å². The first-order valence-corrected chi connectivity index (χ1v) is 8.22. The molecule has 2 heterocycles. The van der Waals surface area contributed by atoms with E-state index < -0.39 is 15.1 Å². The van der Waals surface area contributed by atoms with E-state index in [1.807, 2.05) is 13.8 Å². The molecule has 0 amide bonds. The monoisotopic (exact) mass is 301 g/mol. The Morgan fingerprint density at radius 3 is 2.75 bits per heavy atom. The summed E-state index contributed by atoms with van der Waals surface area (Å²) >= 11 is 0. The van der Waals surface area contributed by atoms with Gasteiger partial charge < -0.3 is 15.8 Å². The molecule has 1 aromatic heterocycles. The largest absolute Gasteiger partial charge is 0.461 e. The average molecular weight is 301 g/mol. The van der Waals surface area contributed by atoms with Crippen LogP contribution in [0.4, 0.5) is 11.9 Å². The van der Waals surface area contributed by atoms with Gasteiger partial charge in [-0.3, -0.25) is 0 Å². The van der Waals surface area contributed by atoms with Crippen molar-refractivity contribution in [1.29, 1.82) is 0 Å². The Hall–Kier alpha value is -1.64. The first kappa shape index (κ1) is 14.8. The van der Waals surface area contributed by atoms with Gasteiger partial charge in [-0.25, -0.2) is 8.42 Å². The summed E-state index contributed by atoms with van der Waals surface area (Å²) in [7, 11) is -2.99. The quantitative estimate of drug-likeness (QED) is 0.793. The molecule has 1 unspecified atom stereocenters. The summed E-state index contributed by atoms with van der Waals surface area (Å²) in [4.78, 5) is 11.8. The molecule has 1 aliphatic heterocycles. The number of rotatable bonds is 5. The average Bonchev–Trinajstić information content (AvgIpc) is 2.64. The van der Waals surface area contributed by atoms with Crippen molar-refractivity contribution >= 4 is 21.7 Å². The number of sulfone groups is 1. The van der Waals surface area contributed by atoms with Crippen molar-refractivity contribution in [3.05, 3.63) is 0 Å². The Kier molecular flexibility index (Phi) is 4.26. The maximum Gasteiger partial charge on any atom is 0.323 e. The lowest BCUT2D eigenvalue weighted by Gasteiger charge is -2.12. The van der Waals surface area contributed by atoms with Crippen LogP contribution in [0, 0.1) is 0 Å². The highest BCUT2D eigenvalue weighted by molar-refractivity contribution is 7.92. The van der Waals surface area contributed by atoms with Crippen LogP contribution in [-0.4, -0.2) is 47.0 Å². The fraction of sp³-hybridized carbons (Fsp3) is 0.727. The van der Waals surface area contributed by atoms with Crippen LogP contribution in [0.25, 0.3) is 0 Å². The number of anilines is 2. The Labute approximate surface area is 118 Å². The molecule has 0 saturated carbocycles. The highest BCUT2D eigenvalue weighted by Crippen LogP contribution is 2.20. The van der Waals surface area contributed by atoms with Crippen LogP contribution in [0.2, 0.25) is 0 Å². The zero-order chi connectivity index (χ0) is 14.8. The summed E-state index contributed by atoms with van der Waals surface area (Å²) in [6.45, 7) is 3.96. The maximum atomic E-state index is 11.7. The third-order valence-corrected chi connectivity index (χ3v) is 5.20. The molecule has 1 aliphatic rings. The third-order valence-electron chi connectivity index (χ3n) is 2.92. The minimum absolute atomic E-state index is 0.0347. The highest BCUT2D eigenvalue weighted by atomic mass is 32.2. The number of hydrogen-bond donors (Lipinski definition) is 2. The Morgan fingerprint density at radius 1 is 1.40 bits per heavy atom. The van der Waals surface area contributed by atoms with Crippen LogP contribution in [-0.2, 0) is 9.84 Å². The number of nitrogens with zero attached hydrogens (tertiary/aromatic N) is 3. The van der Waals surface area contributed by atoms with E-state index >= 15 is 0 Å². The zero-order valence-electron chi connectivity index (χ0n) is 11.5. The molecule has 1 aromatic rings. The second-order valence-corrected chi connectivity index (χ2v) is 7.38. The van der Waals surface area contributed by atoms with Crippen molar-refractivity contribution in [3.63, 3.8) is 0 Å². The lowest BCUT2D eigenvalue weighted by Crippen LogP contribution is -2.26. The number of aromatic nitrogens is 3. The van der Waals surface area contributed by atoms with E-state index in [4.69, 9.17) is 10.5 Å². The number of nitrogens with two attached hydrogens (primary N) is 1. The molecule has 1 saturated heterocycles. The summed E-state index contributed by atoms with van der Waals surface area (Å²) in [5, 5.41) is 2.50. The van der Waals surface area contributed by atoms with E-state index in [9.17, 15) is 8.42 Å². The van der Waals surface area contributed by atoms with Gasteiger partial charge >= 0.3 is 6.01 Å². The van der Waals surface area contributed by atoms with E-state index in [0.717, 1.165) is 0 Å². The lowest BCUT2D eigenvalue weighted by atomic mass is 10.2. The van der Waals surface area contributed by atoms with Gasteiger partial charge in [0.1, 0.15) is 0 Å². The SMILES string of the molecule is CC(C)Oc1nc(N)nc(NCC2CCCS2(=O)=O)n1. The topological polar surface area (TPSA) is 120 Å². The van der Waals surface area contributed by atoms with Crippen LogP contribution in [0.15, 0.2) is 0 Å². The molecule has 3 N–H and O–H groups in total. The third kappa shape index (κ3) is 3.69. The van der Waals surface area contributed by atoms with Crippen molar-refractivity contribution in [1.82, 2.24) is 15.0 Å². The molecule has 0 bridgehead atoms. The summed E-state index contributed by atoms with van der Waals surface area (Å²) in [5.74, 6) is 0.517. The minimum Gasteiger partial charge on any atom is -0.461 e. The molecule has 1 atom stereocenters. The Balaban J connectivity index is 2.04. The van der Waals surface area contributed by atoms with E-state index in [1.54, 1.807) is 0 Å². The van der Waals surface area contributed by atoms with E-state index in [2.05, 4.69) is 20.3 Å². The van der Waals surface area contributed by atoms with Gasteiger partial charge in [0.15, 0.2) is 9.84 Å². The molecule has 0 aromatic carbocycles. The lowest BCUT2D eigenvalue weighted by molar-refractivity contribution is 0.222. The summed E-state index contributed by atoms with van der Waals surface area (Å²) in [5.41, 5.74) is 5.57. The fourth-order valence-corrected chi connectivity index (χ4v) is 3.77. The van der Waals surface area contributed by atoms with Crippen LogP contribution >= 0.6 is 0 Å². The normalized spacial score (nSPS) is 21.1. The maximum absolute atomic E-state index is 11.7. The van der Waals surface area contributed by atoms with Crippen LogP contribution in [0.3, 0.4) is 0 Å². The molecule has 9 heteroatoms. The van der Waals surface area contributed by atoms with Crippen LogP contribution in [0.5, 0.6) is 6.01 Å². The fourth-order valence-electron chi connectivity index (χ4n) is 2.01. The second kappa shape index (κ2) is 5.78. The first-order chi connectivity index (χ1) is 9.37.